The second-order valence-electron chi connectivity index (χ2n) is 9.50. The number of aryl methyl sites for hydroxylation is 1. The minimum absolute atomic E-state index is 0.185. The molecule has 3 aromatic carbocycles. The summed E-state index contributed by atoms with van der Waals surface area (Å²) in [6.07, 6.45) is 1.43. The fourth-order valence-corrected chi connectivity index (χ4v) is 6.42. The number of hydrogen-bond acceptors (Lipinski definition) is 3. The van der Waals surface area contributed by atoms with Crippen molar-refractivity contribution in [2.45, 2.75) is 57.0 Å². The fraction of sp³-hybridized carbons (Fsp3) is 0.357. The summed E-state index contributed by atoms with van der Waals surface area (Å²) in [4.78, 5) is 2.65. The van der Waals surface area contributed by atoms with Crippen LogP contribution < -0.4 is 4.31 Å². The van der Waals surface area contributed by atoms with Crippen LogP contribution in [0.15, 0.2) is 77.7 Å². The molecule has 1 fully saturated rings. The van der Waals surface area contributed by atoms with Crippen molar-refractivity contribution in [1.29, 1.82) is 0 Å². The summed E-state index contributed by atoms with van der Waals surface area (Å²) in [5, 5.41) is 0. The molecule has 0 unspecified atom stereocenters. The Morgan fingerprint density at radius 3 is 2.21 bits per heavy atom. The van der Waals surface area contributed by atoms with Gasteiger partial charge in [-0.05, 0) is 78.8 Å². The fourth-order valence-electron chi connectivity index (χ4n) is 4.60. The van der Waals surface area contributed by atoms with Gasteiger partial charge in [-0.2, -0.15) is 0 Å². The number of anilines is 1. The molecule has 1 aliphatic rings. The van der Waals surface area contributed by atoms with Gasteiger partial charge in [0.15, 0.2) is 0 Å². The number of sulfonamides is 1. The number of rotatable bonds is 7. The van der Waals surface area contributed by atoms with Gasteiger partial charge in [-0.3, -0.25) is 9.21 Å². The van der Waals surface area contributed by atoms with Gasteiger partial charge in [0.1, 0.15) is 5.82 Å². The van der Waals surface area contributed by atoms with E-state index in [4.69, 9.17) is 0 Å². The third-order valence-corrected chi connectivity index (χ3v) is 8.45. The second-order valence-corrected chi connectivity index (χ2v) is 11.3. The minimum atomic E-state index is -3.79. The average molecular weight is 481 g/mol. The van der Waals surface area contributed by atoms with Gasteiger partial charge in [0.25, 0.3) is 10.0 Å². The maximum Gasteiger partial charge on any atom is 0.264 e. The maximum atomic E-state index is 13.7. The number of piperidine rings is 1. The van der Waals surface area contributed by atoms with E-state index in [9.17, 15) is 12.8 Å². The number of likely N-dealkylation sites (tertiary alicyclic amines) is 1. The standard InChI is InChI=1S/C28H33FN2O2S/c1-21(2)24-9-7-23(8-10-24)20-30-17-15-27(16-18-30)31(26-13-11-25(29)12-14-26)34(32,33)28-6-4-5-22(3)19-28/h4-14,19,21,27H,15-18,20H2,1-3H3. The molecule has 0 spiro atoms. The third kappa shape index (κ3) is 5.50. The molecule has 4 rings (SSSR count). The molecule has 180 valence electrons. The van der Waals surface area contributed by atoms with Crippen LogP contribution in [0.1, 0.15) is 49.3 Å². The third-order valence-electron chi connectivity index (χ3n) is 6.57. The molecule has 0 saturated carbocycles. The predicted molar refractivity (Wildman–Crippen MR) is 136 cm³/mol. The summed E-state index contributed by atoms with van der Waals surface area (Å²) in [5.41, 5.74) is 3.99. The van der Waals surface area contributed by atoms with Gasteiger partial charge in [0, 0.05) is 25.7 Å². The van der Waals surface area contributed by atoms with Crippen molar-refractivity contribution in [2.24, 2.45) is 0 Å². The molecule has 1 saturated heterocycles. The van der Waals surface area contributed by atoms with Gasteiger partial charge in [0.2, 0.25) is 0 Å². The lowest BCUT2D eigenvalue weighted by atomic mass is 10.0. The summed E-state index contributed by atoms with van der Waals surface area (Å²) in [7, 11) is -3.79. The van der Waals surface area contributed by atoms with Gasteiger partial charge in [0.05, 0.1) is 10.6 Å². The normalized spacial score (nSPS) is 15.6. The first-order chi connectivity index (χ1) is 16.2. The summed E-state index contributed by atoms with van der Waals surface area (Å²) in [5.74, 6) is 0.132. The van der Waals surface area contributed by atoms with Crippen LogP contribution in [0.3, 0.4) is 0 Å². The molecule has 1 aliphatic heterocycles. The van der Waals surface area contributed by atoms with Crippen molar-refractivity contribution < 1.29 is 12.8 Å². The van der Waals surface area contributed by atoms with Crippen molar-refractivity contribution in [2.75, 3.05) is 17.4 Å². The number of halogens is 1. The van der Waals surface area contributed by atoms with Crippen LogP contribution in [0, 0.1) is 12.7 Å². The van der Waals surface area contributed by atoms with E-state index in [2.05, 4.69) is 43.0 Å². The zero-order chi connectivity index (χ0) is 24.3. The highest BCUT2D eigenvalue weighted by molar-refractivity contribution is 7.92. The van der Waals surface area contributed by atoms with E-state index in [-0.39, 0.29) is 16.8 Å². The summed E-state index contributed by atoms with van der Waals surface area (Å²) in [6.45, 7) is 8.73. The monoisotopic (exact) mass is 480 g/mol. The largest absolute Gasteiger partial charge is 0.299 e. The average Bonchev–Trinajstić information content (AvgIpc) is 2.82. The Morgan fingerprint density at radius 2 is 1.62 bits per heavy atom. The van der Waals surface area contributed by atoms with Crippen molar-refractivity contribution in [3.63, 3.8) is 0 Å². The predicted octanol–water partition coefficient (Wildman–Crippen LogP) is 6.12. The first kappa shape index (κ1) is 24.4. The Balaban J connectivity index is 1.53. The molecule has 4 nitrogen and oxygen atoms in total. The Labute approximate surface area is 203 Å². The molecule has 0 aromatic heterocycles. The van der Waals surface area contributed by atoms with Crippen LogP contribution in [-0.2, 0) is 16.6 Å². The summed E-state index contributed by atoms with van der Waals surface area (Å²) >= 11 is 0. The Morgan fingerprint density at radius 1 is 0.971 bits per heavy atom. The van der Waals surface area contributed by atoms with E-state index in [1.807, 2.05) is 13.0 Å². The number of benzene rings is 3. The van der Waals surface area contributed by atoms with Gasteiger partial charge in [-0.25, -0.2) is 12.8 Å². The maximum absolute atomic E-state index is 13.7. The molecular weight excluding hydrogens is 447 g/mol. The van der Waals surface area contributed by atoms with Crippen LogP contribution in [0.5, 0.6) is 0 Å². The first-order valence-corrected chi connectivity index (χ1v) is 13.4. The molecule has 0 aliphatic carbocycles. The Kier molecular flexibility index (Phi) is 7.39. The lowest BCUT2D eigenvalue weighted by Gasteiger charge is -2.39. The molecule has 0 N–H and O–H groups in total. The molecule has 34 heavy (non-hydrogen) atoms. The van der Waals surface area contributed by atoms with E-state index < -0.39 is 10.0 Å². The SMILES string of the molecule is Cc1cccc(S(=O)(=O)N(c2ccc(F)cc2)C2CCN(Cc3ccc(C(C)C)cc3)CC2)c1. The van der Waals surface area contributed by atoms with Crippen LogP contribution in [0.25, 0.3) is 0 Å². The van der Waals surface area contributed by atoms with Gasteiger partial charge in [-0.1, -0.05) is 50.2 Å². The van der Waals surface area contributed by atoms with E-state index in [1.165, 1.54) is 27.6 Å². The van der Waals surface area contributed by atoms with Crippen LogP contribution in [0.4, 0.5) is 10.1 Å². The van der Waals surface area contributed by atoms with Crippen LogP contribution in [0.2, 0.25) is 0 Å². The molecule has 0 amide bonds. The van der Waals surface area contributed by atoms with E-state index in [0.29, 0.717) is 24.4 Å². The topological polar surface area (TPSA) is 40.6 Å². The summed E-state index contributed by atoms with van der Waals surface area (Å²) < 4.78 is 42.6. The van der Waals surface area contributed by atoms with Gasteiger partial charge in [-0.15, -0.1) is 0 Å². The summed E-state index contributed by atoms with van der Waals surface area (Å²) in [6, 6.07) is 21.3. The Bertz CT molecular complexity index is 1200. The van der Waals surface area contributed by atoms with Crippen molar-refractivity contribution in [1.82, 2.24) is 4.90 Å². The lowest BCUT2D eigenvalue weighted by Crippen LogP contribution is -2.47. The molecule has 3 aromatic rings. The van der Waals surface area contributed by atoms with Crippen LogP contribution >= 0.6 is 0 Å². The van der Waals surface area contributed by atoms with Crippen molar-refractivity contribution >= 4 is 15.7 Å². The molecule has 0 bridgehead atoms. The highest BCUT2D eigenvalue weighted by Gasteiger charge is 2.34. The highest BCUT2D eigenvalue weighted by Crippen LogP contribution is 2.31. The smallest absolute Gasteiger partial charge is 0.264 e. The van der Waals surface area contributed by atoms with Gasteiger partial charge < -0.3 is 0 Å². The quantitative estimate of drug-likeness (QED) is 0.409. The van der Waals surface area contributed by atoms with Crippen LogP contribution in [-0.4, -0.2) is 32.4 Å². The van der Waals surface area contributed by atoms with E-state index >= 15 is 0 Å². The molecule has 0 radical (unpaired) electrons. The molecule has 6 heteroatoms. The lowest BCUT2D eigenvalue weighted by molar-refractivity contribution is 0.206. The van der Waals surface area contributed by atoms with E-state index in [1.54, 1.807) is 30.3 Å². The molecule has 1 heterocycles. The zero-order valence-electron chi connectivity index (χ0n) is 20.1. The molecule has 0 atom stereocenters. The van der Waals surface area contributed by atoms with Crippen molar-refractivity contribution in [3.8, 4) is 0 Å². The molecular formula is C28H33FN2O2S. The zero-order valence-corrected chi connectivity index (χ0v) is 20.9. The first-order valence-electron chi connectivity index (χ1n) is 11.9. The van der Waals surface area contributed by atoms with Gasteiger partial charge >= 0.3 is 0 Å². The van der Waals surface area contributed by atoms with Crippen molar-refractivity contribution in [3.05, 3.63) is 95.3 Å². The number of nitrogens with zero attached hydrogens (tertiary/aromatic N) is 2. The Hall–Kier alpha value is -2.70. The second kappa shape index (κ2) is 10.3. The van der Waals surface area contributed by atoms with E-state index in [0.717, 1.165) is 25.2 Å². The highest BCUT2D eigenvalue weighted by atomic mass is 32.2. The minimum Gasteiger partial charge on any atom is -0.299 e. The number of hydrogen-bond donors (Lipinski definition) is 0.